The van der Waals surface area contributed by atoms with E-state index in [0.717, 1.165) is 39.0 Å². The molecule has 0 atom stereocenters. The molecule has 1 aromatic carbocycles. The molecule has 1 aliphatic heterocycles. The largest absolute Gasteiger partial charge is 0.368 e. The van der Waals surface area contributed by atoms with Crippen LogP contribution in [-0.2, 0) is 4.79 Å². The van der Waals surface area contributed by atoms with Gasteiger partial charge in [0.25, 0.3) is 0 Å². The highest BCUT2D eigenvalue weighted by atomic mass is 16.2. The van der Waals surface area contributed by atoms with Gasteiger partial charge in [-0.2, -0.15) is 0 Å². The van der Waals surface area contributed by atoms with E-state index in [1.165, 1.54) is 16.8 Å². The minimum absolute atomic E-state index is 0.207. The van der Waals surface area contributed by atoms with Gasteiger partial charge in [-0.05, 0) is 49.9 Å². The zero-order valence-electron chi connectivity index (χ0n) is 13.9. The molecule has 116 valence electrons. The summed E-state index contributed by atoms with van der Waals surface area (Å²) < 4.78 is 0. The number of carbonyl (C=O) groups is 1. The molecule has 0 aromatic heterocycles. The summed E-state index contributed by atoms with van der Waals surface area (Å²) in [5.74, 6) is 0.554. The number of amides is 1. The highest BCUT2D eigenvalue weighted by molar-refractivity contribution is 5.79. The summed E-state index contributed by atoms with van der Waals surface area (Å²) in [6.45, 7) is 12.1. The molecule has 1 aromatic rings. The third kappa shape index (κ3) is 3.58. The van der Waals surface area contributed by atoms with Crippen LogP contribution in [0.15, 0.2) is 18.2 Å². The quantitative estimate of drug-likeness (QED) is 0.848. The summed E-state index contributed by atoms with van der Waals surface area (Å²) in [7, 11) is 0. The molecule has 0 saturated carbocycles. The monoisotopic (exact) mass is 288 g/mol. The van der Waals surface area contributed by atoms with E-state index >= 15 is 0 Å². The molecule has 1 amide bonds. The number of hydrogen-bond acceptors (Lipinski definition) is 2. The SMILES string of the molecule is CCC(CC)C(=O)N1CCN(c2ccc(C)c(C)c2)CC1. The number of hydrogen-bond donors (Lipinski definition) is 0. The molecule has 0 N–H and O–H groups in total. The lowest BCUT2D eigenvalue weighted by molar-refractivity contribution is -0.136. The average Bonchev–Trinajstić information content (AvgIpc) is 2.51. The first kappa shape index (κ1) is 15.9. The number of anilines is 1. The molecule has 0 unspecified atom stereocenters. The van der Waals surface area contributed by atoms with Gasteiger partial charge in [0.1, 0.15) is 0 Å². The van der Waals surface area contributed by atoms with Crippen molar-refractivity contribution in [1.29, 1.82) is 0 Å². The summed E-state index contributed by atoms with van der Waals surface area (Å²) in [6, 6.07) is 6.64. The summed E-state index contributed by atoms with van der Waals surface area (Å²) in [5.41, 5.74) is 3.96. The lowest BCUT2D eigenvalue weighted by atomic mass is 10.0. The van der Waals surface area contributed by atoms with Crippen molar-refractivity contribution in [1.82, 2.24) is 4.90 Å². The van der Waals surface area contributed by atoms with E-state index in [4.69, 9.17) is 0 Å². The normalized spacial score (nSPS) is 15.7. The van der Waals surface area contributed by atoms with Crippen LogP contribution >= 0.6 is 0 Å². The van der Waals surface area contributed by atoms with Crippen molar-refractivity contribution >= 4 is 11.6 Å². The van der Waals surface area contributed by atoms with Gasteiger partial charge < -0.3 is 9.80 Å². The minimum atomic E-state index is 0.207. The molecule has 0 spiro atoms. The van der Waals surface area contributed by atoms with Crippen LogP contribution < -0.4 is 4.90 Å². The molecule has 1 heterocycles. The molecular formula is C18H28N2O. The smallest absolute Gasteiger partial charge is 0.225 e. The maximum atomic E-state index is 12.4. The van der Waals surface area contributed by atoms with Crippen molar-refractivity contribution in [3.8, 4) is 0 Å². The maximum Gasteiger partial charge on any atom is 0.225 e. The first-order valence-electron chi connectivity index (χ1n) is 8.17. The van der Waals surface area contributed by atoms with Gasteiger partial charge in [-0.3, -0.25) is 4.79 Å². The van der Waals surface area contributed by atoms with Crippen LogP contribution in [0.4, 0.5) is 5.69 Å². The van der Waals surface area contributed by atoms with E-state index < -0.39 is 0 Å². The number of rotatable bonds is 4. The fourth-order valence-corrected chi connectivity index (χ4v) is 3.00. The second-order valence-electron chi connectivity index (χ2n) is 6.09. The van der Waals surface area contributed by atoms with Crippen LogP contribution in [0, 0.1) is 19.8 Å². The first-order chi connectivity index (χ1) is 10.1. The van der Waals surface area contributed by atoms with E-state index in [1.807, 2.05) is 0 Å². The van der Waals surface area contributed by atoms with Gasteiger partial charge in [0.15, 0.2) is 0 Å². The van der Waals surface area contributed by atoms with Gasteiger partial charge in [-0.15, -0.1) is 0 Å². The summed E-state index contributed by atoms with van der Waals surface area (Å²) in [4.78, 5) is 16.9. The third-order valence-electron chi connectivity index (χ3n) is 4.78. The van der Waals surface area contributed by atoms with Crippen molar-refractivity contribution in [2.45, 2.75) is 40.5 Å². The first-order valence-corrected chi connectivity index (χ1v) is 8.17. The van der Waals surface area contributed by atoms with Gasteiger partial charge >= 0.3 is 0 Å². The van der Waals surface area contributed by atoms with Crippen LogP contribution in [-0.4, -0.2) is 37.0 Å². The summed E-state index contributed by atoms with van der Waals surface area (Å²) >= 11 is 0. The molecule has 2 rings (SSSR count). The predicted molar refractivity (Wildman–Crippen MR) is 88.8 cm³/mol. The van der Waals surface area contributed by atoms with E-state index in [0.29, 0.717) is 5.91 Å². The number of carbonyl (C=O) groups excluding carboxylic acids is 1. The van der Waals surface area contributed by atoms with Gasteiger partial charge in [0, 0.05) is 37.8 Å². The molecule has 0 bridgehead atoms. The number of piperazine rings is 1. The fourth-order valence-electron chi connectivity index (χ4n) is 3.00. The van der Waals surface area contributed by atoms with Crippen LogP contribution in [0.25, 0.3) is 0 Å². The Hall–Kier alpha value is -1.51. The van der Waals surface area contributed by atoms with Crippen molar-refractivity contribution in [2.75, 3.05) is 31.1 Å². The Labute approximate surface area is 128 Å². The Bertz CT molecular complexity index is 486. The second-order valence-corrected chi connectivity index (χ2v) is 6.09. The second kappa shape index (κ2) is 6.97. The van der Waals surface area contributed by atoms with Crippen molar-refractivity contribution in [3.05, 3.63) is 29.3 Å². The van der Waals surface area contributed by atoms with Crippen LogP contribution in [0.2, 0.25) is 0 Å². The molecule has 1 aliphatic rings. The van der Waals surface area contributed by atoms with Gasteiger partial charge in [-0.1, -0.05) is 19.9 Å². The minimum Gasteiger partial charge on any atom is -0.368 e. The highest BCUT2D eigenvalue weighted by Gasteiger charge is 2.25. The zero-order valence-corrected chi connectivity index (χ0v) is 13.9. The lowest BCUT2D eigenvalue weighted by Gasteiger charge is -2.37. The fraction of sp³-hybridized carbons (Fsp3) is 0.611. The topological polar surface area (TPSA) is 23.6 Å². The average molecular weight is 288 g/mol. The molecule has 1 fully saturated rings. The van der Waals surface area contributed by atoms with E-state index in [2.05, 4.69) is 55.7 Å². The Morgan fingerprint density at radius 1 is 1.05 bits per heavy atom. The van der Waals surface area contributed by atoms with Crippen molar-refractivity contribution in [3.63, 3.8) is 0 Å². The standard InChI is InChI=1S/C18H28N2O/c1-5-16(6-2)18(21)20-11-9-19(10-12-20)17-8-7-14(3)15(4)13-17/h7-8,13,16H,5-6,9-12H2,1-4H3. The molecule has 21 heavy (non-hydrogen) atoms. The molecular weight excluding hydrogens is 260 g/mol. The third-order valence-corrected chi connectivity index (χ3v) is 4.78. The lowest BCUT2D eigenvalue weighted by Crippen LogP contribution is -2.50. The van der Waals surface area contributed by atoms with E-state index in [9.17, 15) is 4.79 Å². The van der Waals surface area contributed by atoms with Crippen molar-refractivity contribution in [2.24, 2.45) is 5.92 Å². The molecule has 1 saturated heterocycles. The molecule has 3 nitrogen and oxygen atoms in total. The Kier molecular flexibility index (Phi) is 5.27. The van der Waals surface area contributed by atoms with E-state index in [-0.39, 0.29) is 5.92 Å². The number of nitrogens with zero attached hydrogens (tertiary/aromatic N) is 2. The Morgan fingerprint density at radius 2 is 1.67 bits per heavy atom. The van der Waals surface area contributed by atoms with Crippen LogP contribution in [0.1, 0.15) is 37.8 Å². The number of aryl methyl sites for hydroxylation is 2. The summed E-state index contributed by atoms with van der Waals surface area (Å²) in [6.07, 6.45) is 1.90. The van der Waals surface area contributed by atoms with E-state index in [1.54, 1.807) is 0 Å². The molecule has 3 heteroatoms. The maximum absolute atomic E-state index is 12.4. The predicted octanol–water partition coefficient (Wildman–Crippen LogP) is 3.39. The highest BCUT2D eigenvalue weighted by Crippen LogP contribution is 2.21. The van der Waals surface area contributed by atoms with Crippen molar-refractivity contribution < 1.29 is 4.79 Å². The van der Waals surface area contributed by atoms with Crippen LogP contribution in [0.5, 0.6) is 0 Å². The van der Waals surface area contributed by atoms with Gasteiger partial charge in [-0.25, -0.2) is 0 Å². The van der Waals surface area contributed by atoms with Gasteiger partial charge in [0.2, 0.25) is 5.91 Å². The molecule has 0 aliphatic carbocycles. The Balaban J connectivity index is 1.96. The molecule has 0 radical (unpaired) electrons. The number of benzene rings is 1. The zero-order chi connectivity index (χ0) is 15.4. The Morgan fingerprint density at radius 3 is 2.19 bits per heavy atom. The van der Waals surface area contributed by atoms with Crippen LogP contribution in [0.3, 0.4) is 0 Å². The summed E-state index contributed by atoms with van der Waals surface area (Å²) in [5, 5.41) is 0. The van der Waals surface area contributed by atoms with Gasteiger partial charge in [0.05, 0.1) is 0 Å².